The maximum atomic E-state index is 13.5. The molecule has 15 heavy (non-hydrogen) atoms. The summed E-state index contributed by atoms with van der Waals surface area (Å²) in [4.78, 5) is 10.8. The summed E-state index contributed by atoms with van der Waals surface area (Å²) in [5, 5.41) is 0. The van der Waals surface area contributed by atoms with Crippen molar-refractivity contribution in [2.24, 2.45) is 0 Å². The zero-order chi connectivity index (χ0) is 11.5. The molecular formula is C12H12F2O. The smallest absolute Gasteiger partial charge is 0.293 e. The molecule has 0 spiro atoms. The summed E-state index contributed by atoms with van der Waals surface area (Å²) in [6.07, 6.45) is 1.11. The van der Waals surface area contributed by atoms with Crippen molar-refractivity contribution in [3.8, 4) is 0 Å². The molecule has 0 heterocycles. The standard InChI is InChI=1S/C12H12F2O/c1-3-11(12(13,14)9(2)15)10-7-5-4-6-8-10/h3-8,11H,1H2,2H3. The van der Waals surface area contributed by atoms with Gasteiger partial charge in [-0.1, -0.05) is 36.4 Å². The quantitative estimate of drug-likeness (QED) is 0.697. The van der Waals surface area contributed by atoms with E-state index in [0.29, 0.717) is 5.56 Å². The molecule has 0 saturated carbocycles. The van der Waals surface area contributed by atoms with Gasteiger partial charge in [0.15, 0.2) is 5.78 Å². The van der Waals surface area contributed by atoms with E-state index in [0.717, 1.165) is 13.0 Å². The van der Waals surface area contributed by atoms with E-state index in [4.69, 9.17) is 0 Å². The van der Waals surface area contributed by atoms with Crippen LogP contribution in [-0.2, 0) is 4.79 Å². The number of halogens is 2. The fourth-order valence-electron chi connectivity index (χ4n) is 1.37. The fourth-order valence-corrected chi connectivity index (χ4v) is 1.37. The molecule has 1 aromatic carbocycles. The predicted octanol–water partition coefficient (Wildman–Crippen LogP) is 3.18. The second-order valence-corrected chi connectivity index (χ2v) is 3.30. The third-order valence-corrected chi connectivity index (χ3v) is 2.25. The van der Waals surface area contributed by atoms with Gasteiger partial charge in [-0.3, -0.25) is 4.79 Å². The summed E-state index contributed by atoms with van der Waals surface area (Å²) in [7, 11) is 0. The monoisotopic (exact) mass is 210 g/mol. The van der Waals surface area contributed by atoms with Crippen molar-refractivity contribution in [3.05, 3.63) is 48.6 Å². The summed E-state index contributed by atoms with van der Waals surface area (Å²) in [6, 6.07) is 8.16. The first-order valence-corrected chi connectivity index (χ1v) is 4.56. The van der Waals surface area contributed by atoms with Gasteiger partial charge in [0.2, 0.25) is 0 Å². The molecule has 0 bridgehead atoms. The highest BCUT2D eigenvalue weighted by Crippen LogP contribution is 2.34. The topological polar surface area (TPSA) is 17.1 Å². The Balaban J connectivity index is 3.10. The first-order chi connectivity index (χ1) is 7.00. The molecule has 0 saturated heterocycles. The average Bonchev–Trinajstić information content (AvgIpc) is 2.19. The van der Waals surface area contributed by atoms with E-state index >= 15 is 0 Å². The Hall–Kier alpha value is -1.51. The van der Waals surface area contributed by atoms with Crippen LogP contribution in [0.25, 0.3) is 0 Å². The maximum Gasteiger partial charge on any atom is 0.315 e. The number of hydrogen-bond donors (Lipinski definition) is 0. The van der Waals surface area contributed by atoms with Crippen LogP contribution in [0.3, 0.4) is 0 Å². The molecule has 0 aliphatic rings. The number of benzene rings is 1. The van der Waals surface area contributed by atoms with E-state index in [1.54, 1.807) is 30.3 Å². The zero-order valence-corrected chi connectivity index (χ0v) is 8.41. The van der Waals surface area contributed by atoms with Crippen molar-refractivity contribution in [1.29, 1.82) is 0 Å². The molecule has 1 unspecified atom stereocenters. The van der Waals surface area contributed by atoms with Crippen molar-refractivity contribution >= 4 is 5.78 Å². The highest BCUT2D eigenvalue weighted by molar-refractivity contribution is 5.84. The van der Waals surface area contributed by atoms with Gasteiger partial charge in [-0.25, -0.2) is 0 Å². The molecule has 3 heteroatoms. The van der Waals surface area contributed by atoms with Gasteiger partial charge in [0.05, 0.1) is 5.92 Å². The lowest BCUT2D eigenvalue weighted by atomic mass is 9.90. The second kappa shape index (κ2) is 4.34. The molecule has 0 aliphatic carbocycles. The number of hydrogen-bond acceptors (Lipinski definition) is 1. The van der Waals surface area contributed by atoms with Crippen molar-refractivity contribution in [2.75, 3.05) is 0 Å². The normalized spacial score (nSPS) is 13.3. The molecular weight excluding hydrogens is 198 g/mol. The molecule has 80 valence electrons. The number of Topliss-reactive ketones (excluding diaryl/α,β-unsaturated/α-hetero) is 1. The number of carbonyl (C=O) groups is 1. The summed E-state index contributed by atoms with van der Waals surface area (Å²) < 4.78 is 27.0. The molecule has 0 amide bonds. The largest absolute Gasteiger partial charge is 0.315 e. The van der Waals surface area contributed by atoms with Crippen LogP contribution in [0.15, 0.2) is 43.0 Å². The molecule has 0 aliphatic heterocycles. The Bertz CT molecular complexity index is 357. The molecule has 1 atom stereocenters. The van der Waals surface area contributed by atoms with Gasteiger partial charge in [-0.05, 0) is 5.56 Å². The van der Waals surface area contributed by atoms with Crippen LogP contribution in [0.2, 0.25) is 0 Å². The first-order valence-electron chi connectivity index (χ1n) is 4.56. The SMILES string of the molecule is C=CC(c1ccccc1)C(F)(F)C(C)=O. The fraction of sp³-hybridized carbons (Fsp3) is 0.250. The Morgan fingerprint density at radius 3 is 2.33 bits per heavy atom. The van der Waals surface area contributed by atoms with Crippen molar-refractivity contribution in [1.82, 2.24) is 0 Å². The Labute approximate surface area is 87.4 Å². The van der Waals surface area contributed by atoms with Gasteiger partial charge >= 0.3 is 5.92 Å². The molecule has 0 fully saturated rings. The van der Waals surface area contributed by atoms with Crippen LogP contribution < -0.4 is 0 Å². The lowest BCUT2D eigenvalue weighted by Crippen LogP contribution is -2.32. The molecule has 0 N–H and O–H groups in total. The lowest BCUT2D eigenvalue weighted by Gasteiger charge is -2.21. The zero-order valence-electron chi connectivity index (χ0n) is 8.41. The first kappa shape index (κ1) is 11.6. The van der Waals surface area contributed by atoms with Crippen LogP contribution in [0.4, 0.5) is 8.78 Å². The number of allylic oxidation sites excluding steroid dienone is 1. The number of carbonyl (C=O) groups excluding carboxylic acids is 1. The van der Waals surface area contributed by atoms with E-state index in [-0.39, 0.29) is 0 Å². The van der Waals surface area contributed by atoms with Crippen LogP contribution in [-0.4, -0.2) is 11.7 Å². The predicted molar refractivity (Wildman–Crippen MR) is 55.0 cm³/mol. The van der Waals surface area contributed by atoms with Crippen LogP contribution in [0.5, 0.6) is 0 Å². The third-order valence-electron chi connectivity index (χ3n) is 2.25. The van der Waals surface area contributed by atoms with E-state index in [1.807, 2.05) is 0 Å². The molecule has 1 aromatic rings. The molecule has 0 aromatic heterocycles. The highest BCUT2D eigenvalue weighted by atomic mass is 19.3. The Morgan fingerprint density at radius 2 is 1.93 bits per heavy atom. The minimum atomic E-state index is -3.39. The van der Waals surface area contributed by atoms with Gasteiger partial charge in [-0.15, -0.1) is 6.58 Å². The highest BCUT2D eigenvalue weighted by Gasteiger charge is 2.43. The minimum Gasteiger partial charge on any atom is -0.293 e. The molecule has 1 rings (SSSR count). The molecule has 1 nitrogen and oxygen atoms in total. The van der Waals surface area contributed by atoms with Crippen LogP contribution in [0.1, 0.15) is 18.4 Å². The van der Waals surface area contributed by atoms with Crippen LogP contribution in [0, 0.1) is 0 Å². The van der Waals surface area contributed by atoms with E-state index < -0.39 is 17.6 Å². The van der Waals surface area contributed by atoms with Gasteiger partial charge in [0, 0.05) is 6.92 Å². The second-order valence-electron chi connectivity index (χ2n) is 3.30. The van der Waals surface area contributed by atoms with Gasteiger partial charge in [0.1, 0.15) is 0 Å². The van der Waals surface area contributed by atoms with Crippen molar-refractivity contribution < 1.29 is 13.6 Å². The number of ketones is 1. The summed E-state index contributed by atoms with van der Waals surface area (Å²) in [5.41, 5.74) is 0.396. The Morgan fingerprint density at radius 1 is 1.40 bits per heavy atom. The summed E-state index contributed by atoms with van der Waals surface area (Å²) >= 11 is 0. The van der Waals surface area contributed by atoms with E-state index in [1.165, 1.54) is 0 Å². The van der Waals surface area contributed by atoms with E-state index in [2.05, 4.69) is 6.58 Å². The van der Waals surface area contributed by atoms with E-state index in [9.17, 15) is 13.6 Å². The third kappa shape index (κ3) is 2.29. The number of rotatable bonds is 4. The Kier molecular flexibility index (Phi) is 3.35. The lowest BCUT2D eigenvalue weighted by molar-refractivity contribution is -0.142. The van der Waals surface area contributed by atoms with Crippen molar-refractivity contribution in [2.45, 2.75) is 18.8 Å². The minimum absolute atomic E-state index is 0.396. The summed E-state index contributed by atoms with van der Waals surface area (Å²) in [5.74, 6) is -5.78. The number of alkyl halides is 2. The summed E-state index contributed by atoms with van der Waals surface area (Å²) in [6.45, 7) is 4.24. The van der Waals surface area contributed by atoms with Crippen LogP contribution >= 0.6 is 0 Å². The average molecular weight is 210 g/mol. The van der Waals surface area contributed by atoms with Crippen molar-refractivity contribution in [3.63, 3.8) is 0 Å². The maximum absolute atomic E-state index is 13.5. The van der Waals surface area contributed by atoms with Gasteiger partial charge in [0.25, 0.3) is 0 Å². The molecule has 0 radical (unpaired) electrons. The van der Waals surface area contributed by atoms with Gasteiger partial charge < -0.3 is 0 Å². The van der Waals surface area contributed by atoms with Gasteiger partial charge in [-0.2, -0.15) is 8.78 Å².